The summed E-state index contributed by atoms with van der Waals surface area (Å²) in [5.74, 6) is 1.20. The van der Waals surface area contributed by atoms with Gasteiger partial charge in [0.15, 0.2) is 11.5 Å². The Morgan fingerprint density at radius 1 is 1.29 bits per heavy atom. The second kappa shape index (κ2) is 9.50. The lowest BCUT2D eigenvalue weighted by Crippen LogP contribution is -2.41. The topological polar surface area (TPSA) is 87.7 Å². The Morgan fingerprint density at radius 2 is 1.96 bits per heavy atom. The Labute approximate surface area is 149 Å². The van der Waals surface area contributed by atoms with E-state index < -0.39 is 26.8 Å². The summed E-state index contributed by atoms with van der Waals surface area (Å²) in [5.41, 5.74) is 0.814. The van der Waals surface area contributed by atoms with Crippen molar-refractivity contribution in [2.45, 2.75) is 44.9 Å². The minimum atomic E-state index is -2.50. The van der Waals surface area contributed by atoms with Gasteiger partial charge in [0.05, 0.1) is 19.8 Å². The highest BCUT2D eigenvalue weighted by Gasteiger charge is 2.30. The first-order valence-corrected chi connectivity index (χ1v) is 10.3. The maximum atomic E-state index is 12.4. The highest BCUT2D eigenvalue weighted by molar-refractivity contribution is 7.90. The van der Waals surface area contributed by atoms with Gasteiger partial charge in [0.2, 0.25) is 0 Å². The molecular weight excluding hydrogens is 350 g/mol. The van der Waals surface area contributed by atoms with Crippen LogP contribution < -0.4 is 14.2 Å². The molecule has 8 heteroatoms. The maximum Gasteiger partial charge on any atom is 0.161 e. The van der Waals surface area contributed by atoms with Gasteiger partial charge >= 0.3 is 0 Å². The molecule has 1 aromatic carbocycles. The molecule has 6 nitrogen and oxygen atoms in total. The number of thiol groups is 1. The quantitative estimate of drug-likeness (QED) is 0.507. The van der Waals surface area contributed by atoms with E-state index in [9.17, 15) is 13.0 Å². The molecule has 0 bridgehead atoms. The van der Waals surface area contributed by atoms with Crippen molar-refractivity contribution in [2.24, 2.45) is 0 Å². The van der Waals surface area contributed by atoms with E-state index in [1.807, 2.05) is 33.8 Å². The molecule has 0 spiro atoms. The van der Waals surface area contributed by atoms with Gasteiger partial charge in [0, 0.05) is 17.1 Å². The van der Waals surface area contributed by atoms with Crippen molar-refractivity contribution in [3.8, 4) is 11.5 Å². The third kappa shape index (κ3) is 6.51. The summed E-state index contributed by atoms with van der Waals surface area (Å²) in [7, 11) is -0.935. The Bertz CT molecular complexity index is 591. The van der Waals surface area contributed by atoms with Gasteiger partial charge in [-0.25, -0.2) is 8.42 Å². The molecule has 0 radical (unpaired) electrons. The van der Waals surface area contributed by atoms with Crippen LogP contribution in [0, 0.1) is 0 Å². The van der Waals surface area contributed by atoms with Gasteiger partial charge in [0.1, 0.15) is 15.5 Å². The molecule has 2 atom stereocenters. The van der Waals surface area contributed by atoms with Gasteiger partial charge in [-0.1, -0.05) is 6.07 Å². The van der Waals surface area contributed by atoms with Crippen LogP contribution in [0.2, 0.25) is 0 Å². The van der Waals surface area contributed by atoms with Crippen molar-refractivity contribution in [3.05, 3.63) is 23.8 Å². The second-order valence-corrected chi connectivity index (χ2v) is 9.35. The fraction of sp³-hybridized carbons (Fsp3) is 0.625. The molecule has 0 fully saturated rings. The number of ether oxygens (including phenoxy) is 2. The predicted molar refractivity (Wildman–Crippen MR) is 97.7 cm³/mol. The fourth-order valence-electron chi connectivity index (χ4n) is 2.01. The van der Waals surface area contributed by atoms with Gasteiger partial charge in [-0.2, -0.15) is 0 Å². The standard InChI is InChI=1S/C16H27NO5S2/c1-6-22-15-11-12(7-8-14(15)21-5)13(9-10-23(18)19)17-24(20)16(2,3)4/h7-8,11,13,17,23H,6,9-10H2,1-5H3. The first kappa shape index (κ1) is 21.1. The van der Waals surface area contributed by atoms with Gasteiger partial charge in [0.25, 0.3) is 0 Å². The normalized spacial score (nSPS) is 14.5. The van der Waals surface area contributed by atoms with Crippen LogP contribution in [0.3, 0.4) is 0 Å². The Hall–Kier alpha value is -0.960. The molecule has 1 rings (SSSR count). The predicted octanol–water partition coefficient (Wildman–Crippen LogP) is 2.19. The SMILES string of the molecule is CCOc1cc(C(CC[SH](=O)=O)N[S+]([O-])C(C)(C)C)ccc1OC. The van der Waals surface area contributed by atoms with E-state index in [4.69, 9.17) is 9.47 Å². The summed E-state index contributed by atoms with van der Waals surface area (Å²) in [6, 6.07) is 5.05. The number of rotatable bonds is 9. The summed E-state index contributed by atoms with van der Waals surface area (Å²) in [5, 5.41) is 0. The van der Waals surface area contributed by atoms with Gasteiger partial charge < -0.3 is 14.0 Å². The molecule has 1 N–H and O–H groups in total. The Balaban J connectivity index is 3.10. The monoisotopic (exact) mass is 377 g/mol. The highest BCUT2D eigenvalue weighted by Crippen LogP contribution is 2.32. The van der Waals surface area contributed by atoms with Gasteiger partial charge in [-0.3, -0.25) is 0 Å². The molecule has 0 aromatic heterocycles. The Morgan fingerprint density at radius 3 is 2.46 bits per heavy atom. The first-order chi connectivity index (χ1) is 11.2. The number of hydrogen-bond donors (Lipinski definition) is 2. The van der Waals surface area contributed by atoms with Crippen molar-refractivity contribution in [3.63, 3.8) is 0 Å². The van der Waals surface area contributed by atoms with Crippen molar-refractivity contribution >= 4 is 22.1 Å². The fourth-order valence-corrected chi connectivity index (χ4v) is 3.35. The molecule has 0 saturated heterocycles. The molecule has 0 saturated carbocycles. The van der Waals surface area contributed by atoms with E-state index in [-0.39, 0.29) is 11.8 Å². The summed E-state index contributed by atoms with van der Waals surface area (Å²) in [4.78, 5) is 0. The van der Waals surface area contributed by atoms with Gasteiger partial charge in [-0.15, -0.1) is 4.72 Å². The van der Waals surface area contributed by atoms with Crippen molar-refractivity contribution in [1.29, 1.82) is 0 Å². The molecule has 1 aromatic rings. The number of nitrogens with one attached hydrogen (secondary N) is 1. The second-order valence-electron chi connectivity index (χ2n) is 6.24. The zero-order valence-electron chi connectivity index (χ0n) is 14.8. The lowest BCUT2D eigenvalue weighted by atomic mass is 10.0. The molecular formula is C16H27NO5S2. The number of benzene rings is 1. The average Bonchev–Trinajstić information content (AvgIpc) is 2.50. The van der Waals surface area contributed by atoms with Crippen LogP contribution in [-0.4, -0.2) is 37.2 Å². The van der Waals surface area contributed by atoms with Crippen LogP contribution in [0.25, 0.3) is 0 Å². The number of methoxy groups -OCH3 is 1. The van der Waals surface area contributed by atoms with Crippen LogP contribution in [0.5, 0.6) is 11.5 Å². The smallest absolute Gasteiger partial charge is 0.161 e. The first-order valence-electron chi connectivity index (χ1n) is 7.79. The van der Waals surface area contributed by atoms with E-state index in [0.29, 0.717) is 24.5 Å². The average molecular weight is 378 g/mol. The highest BCUT2D eigenvalue weighted by atomic mass is 32.2. The third-order valence-corrected chi connectivity index (χ3v) is 5.53. The lowest BCUT2D eigenvalue weighted by molar-refractivity contribution is 0.310. The van der Waals surface area contributed by atoms with Crippen molar-refractivity contribution in [2.75, 3.05) is 19.5 Å². The number of hydrogen-bond acceptors (Lipinski definition) is 6. The van der Waals surface area contributed by atoms with E-state index in [1.54, 1.807) is 19.2 Å². The van der Waals surface area contributed by atoms with Gasteiger partial charge in [-0.05, 0) is 51.8 Å². The van der Waals surface area contributed by atoms with E-state index in [0.717, 1.165) is 5.56 Å². The van der Waals surface area contributed by atoms with E-state index in [1.165, 1.54) is 0 Å². The molecule has 0 heterocycles. The van der Waals surface area contributed by atoms with Crippen LogP contribution >= 0.6 is 0 Å². The zero-order valence-corrected chi connectivity index (χ0v) is 16.5. The zero-order chi connectivity index (χ0) is 18.3. The molecule has 2 unspecified atom stereocenters. The van der Waals surface area contributed by atoms with E-state index in [2.05, 4.69) is 4.72 Å². The summed E-state index contributed by atoms with van der Waals surface area (Å²) in [6.45, 7) is 7.94. The molecule has 0 amide bonds. The van der Waals surface area contributed by atoms with Crippen LogP contribution in [0.15, 0.2) is 18.2 Å². The van der Waals surface area contributed by atoms with Crippen LogP contribution in [-0.2, 0) is 22.1 Å². The van der Waals surface area contributed by atoms with Crippen LogP contribution in [0.1, 0.15) is 45.7 Å². The van der Waals surface area contributed by atoms with Crippen LogP contribution in [0.4, 0.5) is 0 Å². The van der Waals surface area contributed by atoms with Crippen molar-refractivity contribution in [1.82, 2.24) is 4.72 Å². The summed E-state index contributed by atoms with van der Waals surface area (Å²) in [6.07, 6.45) is 0.332. The summed E-state index contributed by atoms with van der Waals surface area (Å²) < 4.78 is 47.8. The molecule has 0 aliphatic heterocycles. The van der Waals surface area contributed by atoms with Crippen molar-refractivity contribution < 1.29 is 22.4 Å². The molecule has 0 aliphatic rings. The lowest BCUT2D eigenvalue weighted by Gasteiger charge is -2.28. The molecule has 138 valence electrons. The third-order valence-electron chi connectivity index (χ3n) is 3.30. The minimum absolute atomic E-state index is 0.0182. The van der Waals surface area contributed by atoms with E-state index >= 15 is 0 Å². The largest absolute Gasteiger partial charge is 0.598 e. The minimum Gasteiger partial charge on any atom is -0.598 e. The Kier molecular flexibility index (Phi) is 8.35. The summed E-state index contributed by atoms with van der Waals surface area (Å²) >= 11 is -1.32. The molecule has 0 aliphatic carbocycles. The molecule has 24 heavy (non-hydrogen) atoms. The maximum absolute atomic E-state index is 12.4.